The van der Waals surface area contributed by atoms with Crippen LogP contribution in [0.4, 0.5) is 11.4 Å². The minimum atomic E-state index is -0.380. The van der Waals surface area contributed by atoms with Crippen molar-refractivity contribution in [1.29, 1.82) is 0 Å². The van der Waals surface area contributed by atoms with Gasteiger partial charge in [0.15, 0.2) is 0 Å². The minimum absolute atomic E-state index is 0.0786. The number of benzene rings is 1. The van der Waals surface area contributed by atoms with Crippen molar-refractivity contribution in [1.82, 2.24) is 0 Å². The highest BCUT2D eigenvalue weighted by atomic mass is 16.6. The van der Waals surface area contributed by atoms with E-state index in [1.165, 1.54) is 6.07 Å². The van der Waals surface area contributed by atoms with Gasteiger partial charge in [-0.1, -0.05) is 20.8 Å². The molecule has 1 aromatic rings. The lowest BCUT2D eigenvalue weighted by Crippen LogP contribution is -2.25. The lowest BCUT2D eigenvalue weighted by atomic mass is 10.0. The Hall–Kier alpha value is -1.78. The fraction of sp³-hybridized carbons (Fsp3) is 0.538. The molecule has 1 N–H and O–H groups in total. The van der Waals surface area contributed by atoms with E-state index in [-0.39, 0.29) is 16.7 Å². The van der Waals surface area contributed by atoms with Gasteiger partial charge in [-0.3, -0.25) is 10.1 Å². The van der Waals surface area contributed by atoms with Crippen molar-refractivity contribution < 1.29 is 9.66 Å². The summed E-state index contributed by atoms with van der Waals surface area (Å²) in [6, 6.07) is 4.94. The third-order valence-electron chi connectivity index (χ3n) is 2.99. The maximum absolute atomic E-state index is 11.0. The van der Waals surface area contributed by atoms with E-state index in [2.05, 4.69) is 26.1 Å². The van der Waals surface area contributed by atoms with Gasteiger partial charge in [0.05, 0.1) is 12.0 Å². The Morgan fingerprint density at radius 3 is 2.56 bits per heavy atom. The summed E-state index contributed by atoms with van der Waals surface area (Å²) >= 11 is 0. The predicted molar refractivity (Wildman–Crippen MR) is 72.2 cm³/mol. The summed E-state index contributed by atoms with van der Waals surface area (Å²) in [6.07, 6.45) is 0.909. The first-order valence-corrected chi connectivity index (χ1v) is 6.08. The van der Waals surface area contributed by atoms with Gasteiger partial charge in [-0.05, 0) is 18.4 Å². The van der Waals surface area contributed by atoms with Crippen LogP contribution in [0, 0.1) is 16.0 Å². The lowest BCUT2D eigenvalue weighted by molar-refractivity contribution is -0.384. The Bertz CT molecular complexity index is 419. The first-order chi connectivity index (χ1) is 8.49. The molecule has 5 nitrogen and oxygen atoms in total. The standard InChI is InChI=1S/C13H20N2O3/c1-5-11(9(2)3)14-12-8-10(18-4)6-7-13(12)15(16)17/h6-9,11,14H,5H2,1-4H3. The van der Waals surface area contributed by atoms with Crippen LogP contribution in [0.5, 0.6) is 5.75 Å². The zero-order valence-electron chi connectivity index (χ0n) is 11.3. The van der Waals surface area contributed by atoms with Crippen molar-refractivity contribution in [2.75, 3.05) is 12.4 Å². The molecule has 0 saturated carbocycles. The smallest absolute Gasteiger partial charge is 0.292 e. The van der Waals surface area contributed by atoms with E-state index in [0.29, 0.717) is 17.4 Å². The van der Waals surface area contributed by atoms with Crippen LogP contribution in [0.2, 0.25) is 0 Å². The quantitative estimate of drug-likeness (QED) is 0.622. The number of nitro groups is 1. The maximum Gasteiger partial charge on any atom is 0.292 e. The summed E-state index contributed by atoms with van der Waals surface area (Å²) in [5, 5.41) is 14.2. The van der Waals surface area contributed by atoms with Crippen molar-refractivity contribution in [3.63, 3.8) is 0 Å². The van der Waals surface area contributed by atoms with Gasteiger partial charge in [0, 0.05) is 18.2 Å². The molecule has 0 aliphatic rings. The van der Waals surface area contributed by atoms with Crippen LogP contribution < -0.4 is 10.1 Å². The number of methoxy groups -OCH3 is 1. The van der Waals surface area contributed by atoms with E-state index in [1.54, 1.807) is 19.2 Å². The third kappa shape index (κ3) is 3.35. The van der Waals surface area contributed by atoms with Crippen LogP contribution in [0.1, 0.15) is 27.2 Å². The molecular weight excluding hydrogens is 232 g/mol. The fourth-order valence-electron chi connectivity index (χ4n) is 1.86. The van der Waals surface area contributed by atoms with Crippen molar-refractivity contribution in [3.05, 3.63) is 28.3 Å². The number of rotatable bonds is 6. The predicted octanol–water partition coefficient (Wildman–Crippen LogP) is 3.45. The Kier molecular flexibility index (Phi) is 4.95. The molecule has 0 saturated heterocycles. The molecule has 0 radical (unpaired) electrons. The Morgan fingerprint density at radius 2 is 2.11 bits per heavy atom. The fourth-order valence-corrected chi connectivity index (χ4v) is 1.86. The van der Waals surface area contributed by atoms with E-state index in [4.69, 9.17) is 4.74 Å². The van der Waals surface area contributed by atoms with Gasteiger partial charge in [-0.15, -0.1) is 0 Å². The second kappa shape index (κ2) is 6.23. The first kappa shape index (κ1) is 14.3. The van der Waals surface area contributed by atoms with Crippen LogP contribution in [-0.2, 0) is 0 Å². The minimum Gasteiger partial charge on any atom is -0.497 e. The monoisotopic (exact) mass is 252 g/mol. The normalized spacial score (nSPS) is 12.3. The Morgan fingerprint density at radius 1 is 1.44 bits per heavy atom. The van der Waals surface area contributed by atoms with Gasteiger partial charge in [0.25, 0.3) is 5.69 Å². The molecule has 0 heterocycles. The van der Waals surface area contributed by atoms with Crippen LogP contribution >= 0.6 is 0 Å². The maximum atomic E-state index is 11.0. The zero-order valence-corrected chi connectivity index (χ0v) is 11.3. The molecule has 1 aromatic carbocycles. The van der Waals surface area contributed by atoms with E-state index in [1.807, 2.05) is 0 Å². The highest BCUT2D eigenvalue weighted by Gasteiger charge is 2.18. The van der Waals surface area contributed by atoms with Crippen LogP contribution in [-0.4, -0.2) is 18.1 Å². The van der Waals surface area contributed by atoms with Crippen molar-refractivity contribution in [3.8, 4) is 5.75 Å². The number of ether oxygens (including phenoxy) is 1. The average molecular weight is 252 g/mol. The highest BCUT2D eigenvalue weighted by Crippen LogP contribution is 2.30. The molecule has 1 rings (SSSR count). The highest BCUT2D eigenvalue weighted by molar-refractivity contribution is 5.64. The second-order valence-electron chi connectivity index (χ2n) is 4.54. The molecule has 0 spiro atoms. The second-order valence-corrected chi connectivity index (χ2v) is 4.54. The Labute approximate surface area is 107 Å². The van der Waals surface area contributed by atoms with Crippen LogP contribution in [0.25, 0.3) is 0 Å². The largest absolute Gasteiger partial charge is 0.497 e. The van der Waals surface area contributed by atoms with Crippen LogP contribution in [0.3, 0.4) is 0 Å². The third-order valence-corrected chi connectivity index (χ3v) is 2.99. The summed E-state index contributed by atoms with van der Waals surface area (Å²) in [5.74, 6) is 1.02. The van der Waals surface area contributed by atoms with Crippen LogP contribution in [0.15, 0.2) is 18.2 Å². The van der Waals surface area contributed by atoms with Gasteiger partial charge < -0.3 is 10.1 Å². The zero-order chi connectivity index (χ0) is 13.7. The van der Waals surface area contributed by atoms with Gasteiger partial charge in [-0.25, -0.2) is 0 Å². The number of nitrogens with one attached hydrogen (secondary N) is 1. The molecule has 100 valence electrons. The summed E-state index contributed by atoms with van der Waals surface area (Å²) in [7, 11) is 1.55. The van der Waals surface area contributed by atoms with E-state index in [0.717, 1.165) is 6.42 Å². The van der Waals surface area contributed by atoms with E-state index in [9.17, 15) is 10.1 Å². The molecule has 0 fully saturated rings. The Balaban J connectivity index is 3.07. The molecular formula is C13H20N2O3. The summed E-state index contributed by atoms with van der Waals surface area (Å²) in [4.78, 5) is 10.6. The van der Waals surface area contributed by atoms with Gasteiger partial charge >= 0.3 is 0 Å². The number of hydrogen-bond donors (Lipinski definition) is 1. The molecule has 0 aliphatic heterocycles. The molecule has 0 bridgehead atoms. The molecule has 1 unspecified atom stereocenters. The lowest BCUT2D eigenvalue weighted by Gasteiger charge is -2.22. The molecule has 0 aromatic heterocycles. The molecule has 0 amide bonds. The van der Waals surface area contributed by atoms with Crippen molar-refractivity contribution in [2.24, 2.45) is 5.92 Å². The van der Waals surface area contributed by atoms with Gasteiger partial charge in [0.2, 0.25) is 0 Å². The first-order valence-electron chi connectivity index (χ1n) is 6.08. The summed E-state index contributed by atoms with van der Waals surface area (Å²) in [5.41, 5.74) is 0.592. The molecule has 1 atom stereocenters. The SMILES string of the molecule is CCC(Nc1cc(OC)ccc1[N+](=O)[O-])C(C)C. The number of hydrogen-bond acceptors (Lipinski definition) is 4. The van der Waals surface area contributed by atoms with Crippen molar-refractivity contribution in [2.45, 2.75) is 33.2 Å². The summed E-state index contributed by atoms with van der Waals surface area (Å²) < 4.78 is 5.10. The summed E-state index contributed by atoms with van der Waals surface area (Å²) in [6.45, 7) is 6.24. The number of nitrogens with zero attached hydrogens (tertiary/aromatic N) is 1. The molecule has 0 aliphatic carbocycles. The molecule has 18 heavy (non-hydrogen) atoms. The topological polar surface area (TPSA) is 64.4 Å². The van der Waals surface area contributed by atoms with Crippen molar-refractivity contribution >= 4 is 11.4 Å². The number of nitro benzene ring substituents is 1. The van der Waals surface area contributed by atoms with Gasteiger partial charge in [-0.2, -0.15) is 0 Å². The van der Waals surface area contributed by atoms with E-state index < -0.39 is 0 Å². The molecule has 5 heteroatoms. The van der Waals surface area contributed by atoms with E-state index >= 15 is 0 Å². The number of anilines is 1. The van der Waals surface area contributed by atoms with Gasteiger partial charge in [0.1, 0.15) is 11.4 Å². The average Bonchev–Trinajstić information content (AvgIpc) is 2.34.